The molecule has 0 bridgehead atoms. The summed E-state index contributed by atoms with van der Waals surface area (Å²) >= 11 is 0. The van der Waals surface area contributed by atoms with E-state index in [0.717, 1.165) is 35.4 Å². The molecule has 0 heterocycles. The summed E-state index contributed by atoms with van der Waals surface area (Å²) in [5.41, 5.74) is 4.10. The van der Waals surface area contributed by atoms with E-state index in [4.69, 9.17) is 9.47 Å². The average Bonchev–Trinajstić information content (AvgIpc) is 3.56. The molecule has 0 saturated heterocycles. The van der Waals surface area contributed by atoms with Crippen LogP contribution in [0, 0.1) is 5.92 Å². The van der Waals surface area contributed by atoms with Gasteiger partial charge >= 0.3 is 0 Å². The molecule has 2 N–H and O–H groups in total. The molecule has 5 nitrogen and oxygen atoms in total. The van der Waals surface area contributed by atoms with Crippen LogP contribution in [0.15, 0.2) is 54.6 Å². The van der Waals surface area contributed by atoms with Gasteiger partial charge in [0.25, 0.3) is 0 Å². The van der Waals surface area contributed by atoms with E-state index in [2.05, 4.69) is 36.3 Å². The molecule has 1 amide bonds. The van der Waals surface area contributed by atoms with Crippen molar-refractivity contribution in [2.45, 2.75) is 39.3 Å². The Morgan fingerprint density at radius 2 is 1.90 bits per heavy atom. The lowest BCUT2D eigenvalue weighted by Gasteiger charge is -2.17. The molecule has 1 atom stereocenters. The number of benzene rings is 2. The first kappa shape index (κ1) is 20.9. The predicted octanol–water partition coefficient (Wildman–Crippen LogP) is 4.85. The van der Waals surface area contributed by atoms with Crippen molar-refractivity contribution in [2.75, 3.05) is 19.0 Å². The number of hydrogen-bond donors (Lipinski definition) is 2. The molecule has 0 radical (unpaired) electrons. The normalized spacial score (nSPS) is 14.2. The topological polar surface area (TPSA) is 59.6 Å². The van der Waals surface area contributed by atoms with Gasteiger partial charge in [0.05, 0.1) is 7.11 Å². The van der Waals surface area contributed by atoms with Crippen LogP contribution in [0.2, 0.25) is 0 Å². The summed E-state index contributed by atoms with van der Waals surface area (Å²) in [6, 6.07) is 14.2. The number of methoxy groups -OCH3 is 1. The predicted molar refractivity (Wildman–Crippen MR) is 116 cm³/mol. The average molecular weight is 395 g/mol. The van der Waals surface area contributed by atoms with Crippen LogP contribution in [0.4, 0.5) is 5.69 Å². The van der Waals surface area contributed by atoms with Crippen LogP contribution in [-0.4, -0.2) is 19.6 Å². The van der Waals surface area contributed by atoms with E-state index in [9.17, 15) is 4.79 Å². The summed E-state index contributed by atoms with van der Waals surface area (Å²) in [6.45, 7) is 9.10. The summed E-state index contributed by atoms with van der Waals surface area (Å²) in [7, 11) is 1.64. The Balaban J connectivity index is 1.56. The van der Waals surface area contributed by atoms with Crippen LogP contribution in [0.3, 0.4) is 0 Å². The molecule has 0 aliphatic heterocycles. The highest BCUT2D eigenvalue weighted by molar-refractivity contribution is 5.94. The van der Waals surface area contributed by atoms with E-state index in [1.807, 2.05) is 37.3 Å². The largest absolute Gasteiger partial charge is 0.493 e. The zero-order valence-corrected chi connectivity index (χ0v) is 17.5. The number of anilines is 1. The van der Waals surface area contributed by atoms with Crippen LogP contribution < -0.4 is 20.1 Å². The monoisotopic (exact) mass is 394 g/mol. The summed E-state index contributed by atoms with van der Waals surface area (Å²) in [6.07, 6.45) is 2.02. The van der Waals surface area contributed by atoms with E-state index in [-0.39, 0.29) is 17.9 Å². The number of hydrogen-bond acceptors (Lipinski definition) is 4. The van der Waals surface area contributed by atoms with Gasteiger partial charge in [0, 0.05) is 24.2 Å². The second kappa shape index (κ2) is 9.61. The molecular formula is C24H30N2O3. The number of nitrogens with one attached hydrogen (secondary N) is 2. The van der Waals surface area contributed by atoms with Gasteiger partial charge in [-0.15, -0.1) is 0 Å². The Morgan fingerprint density at radius 3 is 2.52 bits per heavy atom. The molecule has 2 aromatic carbocycles. The molecule has 3 rings (SSSR count). The van der Waals surface area contributed by atoms with Crippen LogP contribution in [-0.2, 0) is 11.3 Å². The fourth-order valence-corrected chi connectivity index (χ4v) is 2.98. The molecule has 1 unspecified atom stereocenters. The lowest BCUT2D eigenvalue weighted by molar-refractivity contribution is -0.117. The zero-order valence-electron chi connectivity index (χ0n) is 17.5. The van der Waals surface area contributed by atoms with Crippen molar-refractivity contribution in [3.63, 3.8) is 0 Å². The number of amides is 1. The molecule has 2 aromatic rings. The van der Waals surface area contributed by atoms with Gasteiger partial charge < -0.3 is 20.1 Å². The van der Waals surface area contributed by atoms with Gasteiger partial charge in [-0.25, -0.2) is 0 Å². The molecular weight excluding hydrogens is 364 g/mol. The molecule has 1 aliphatic carbocycles. The molecule has 1 saturated carbocycles. The molecule has 1 aliphatic rings. The van der Waals surface area contributed by atoms with Crippen LogP contribution in [0.25, 0.3) is 0 Å². The van der Waals surface area contributed by atoms with Gasteiger partial charge in [0.1, 0.15) is 6.61 Å². The van der Waals surface area contributed by atoms with E-state index in [1.54, 1.807) is 7.11 Å². The maximum Gasteiger partial charge on any atom is 0.227 e. The number of rotatable bonds is 10. The smallest absolute Gasteiger partial charge is 0.227 e. The lowest BCUT2D eigenvalue weighted by Crippen LogP contribution is -2.18. The highest BCUT2D eigenvalue weighted by atomic mass is 16.5. The third-order valence-electron chi connectivity index (χ3n) is 4.94. The Hall–Kier alpha value is -2.79. The molecule has 1 fully saturated rings. The van der Waals surface area contributed by atoms with Crippen molar-refractivity contribution in [3.8, 4) is 11.5 Å². The fourth-order valence-electron chi connectivity index (χ4n) is 2.98. The van der Waals surface area contributed by atoms with Crippen molar-refractivity contribution >= 4 is 11.6 Å². The van der Waals surface area contributed by atoms with Crippen molar-refractivity contribution in [2.24, 2.45) is 5.92 Å². The van der Waals surface area contributed by atoms with Crippen LogP contribution in [0.1, 0.15) is 43.9 Å². The summed E-state index contributed by atoms with van der Waals surface area (Å²) < 4.78 is 11.2. The lowest BCUT2D eigenvalue weighted by atomic mass is 10.1. The van der Waals surface area contributed by atoms with E-state index < -0.39 is 0 Å². The van der Waals surface area contributed by atoms with Crippen molar-refractivity contribution < 1.29 is 14.3 Å². The summed E-state index contributed by atoms with van der Waals surface area (Å²) in [5.74, 6) is 1.78. The maximum absolute atomic E-state index is 11.9. The van der Waals surface area contributed by atoms with Gasteiger partial charge in [0.15, 0.2) is 11.5 Å². The van der Waals surface area contributed by atoms with Crippen molar-refractivity contribution in [1.82, 2.24) is 5.32 Å². The Kier molecular flexibility index (Phi) is 6.94. The Labute approximate surface area is 173 Å². The standard InChI is InChI=1S/C24H30N2O3/c1-16(2)15-29-23-13-18(5-12-22(23)28-4)14-25-17(3)19-8-10-21(11-9-19)26-24(27)20-6-7-20/h5,8-13,17,20,25H,1,6-7,14-15H2,2-4H3,(H,26,27). The third kappa shape index (κ3) is 6.09. The second-order valence-electron chi connectivity index (χ2n) is 7.72. The van der Waals surface area contributed by atoms with E-state index in [1.165, 1.54) is 5.56 Å². The number of ether oxygens (including phenoxy) is 2. The molecule has 29 heavy (non-hydrogen) atoms. The van der Waals surface area contributed by atoms with Gasteiger partial charge in [-0.05, 0) is 67.7 Å². The van der Waals surface area contributed by atoms with Gasteiger partial charge in [-0.1, -0.05) is 24.8 Å². The number of carbonyl (C=O) groups is 1. The minimum absolute atomic E-state index is 0.133. The second-order valence-corrected chi connectivity index (χ2v) is 7.72. The Morgan fingerprint density at radius 1 is 1.17 bits per heavy atom. The summed E-state index contributed by atoms with van der Waals surface area (Å²) in [5, 5.41) is 6.51. The maximum atomic E-state index is 11.9. The van der Waals surface area contributed by atoms with Crippen LogP contribution >= 0.6 is 0 Å². The summed E-state index contributed by atoms with van der Waals surface area (Å²) in [4.78, 5) is 11.9. The SMILES string of the molecule is C=C(C)COc1cc(CNC(C)c2ccc(NC(=O)C3CC3)cc2)ccc1OC. The quantitative estimate of drug-likeness (QED) is 0.566. The first-order chi connectivity index (χ1) is 14.0. The molecule has 154 valence electrons. The van der Waals surface area contributed by atoms with E-state index >= 15 is 0 Å². The minimum atomic E-state index is 0.133. The molecule has 5 heteroatoms. The Bertz CT molecular complexity index is 857. The van der Waals surface area contributed by atoms with Crippen LogP contribution in [0.5, 0.6) is 11.5 Å². The van der Waals surface area contributed by atoms with E-state index in [0.29, 0.717) is 18.9 Å². The fraction of sp³-hybridized carbons (Fsp3) is 0.375. The van der Waals surface area contributed by atoms with Crippen molar-refractivity contribution in [3.05, 3.63) is 65.7 Å². The van der Waals surface area contributed by atoms with Gasteiger partial charge in [-0.3, -0.25) is 4.79 Å². The zero-order chi connectivity index (χ0) is 20.8. The first-order valence-electron chi connectivity index (χ1n) is 10.0. The van der Waals surface area contributed by atoms with Crippen molar-refractivity contribution in [1.29, 1.82) is 0 Å². The highest BCUT2D eigenvalue weighted by Gasteiger charge is 2.29. The molecule has 0 aromatic heterocycles. The number of carbonyl (C=O) groups excluding carboxylic acids is 1. The third-order valence-corrected chi connectivity index (χ3v) is 4.94. The minimum Gasteiger partial charge on any atom is -0.493 e. The first-order valence-corrected chi connectivity index (χ1v) is 10.0. The van der Waals surface area contributed by atoms with Gasteiger partial charge in [-0.2, -0.15) is 0 Å². The highest BCUT2D eigenvalue weighted by Crippen LogP contribution is 2.30. The molecule has 0 spiro atoms. The van der Waals surface area contributed by atoms with Gasteiger partial charge in [0.2, 0.25) is 5.91 Å².